The topological polar surface area (TPSA) is 75.9 Å². The summed E-state index contributed by atoms with van der Waals surface area (Å²) in [5.74, 6) is 3.32. The Balaban J connectivity index is 1.23. The molecule has 1 amide bonds. The zero-order valence-corrected chi connectivity index (χ0v) is 18.6. The average molecular weight is 443 g/mol. The summed E-state index contributed by atoms with van der Waals surface area (Å²) < 4.78 is 7.35. The van der Waals surface area contributed by atoms with Crippen molar-refractivity contribution >= 4 is 28.4 Å². The first-order valence-corrected chi connectivity index (χ1v) is 11.5. The van der Waals surface area contributed by atoms with Crippen molar-refractivity contribution in [3.8, 4) is 5.75 Å². The third-order valence-corrected chi connectivity index (χ3v) is 6.63. The van der Waals surface area contributed by atoms with Crippen LogP contribution in [0.3, 0.4) is 0 Å². The van der Waals surface area contributed by atoms with Gasteiger partial charge in [0.2, 0.25) is 11.9 Å². The van der Waals surface area contributed by atoms with E-state index in [1.807, 2.05) is 47.4 Å². The Labute approximate surface area is 191 Å². The molecular weight excluding hydrogens is 416 g/mol. The third-order valence-electron chi connectivity index (χ3n) is 6.63. The maximum absolute atomic E-state index is 12.9. The first kappa shape index (κ1) is 20.0. The van der Waals surface area contributed by atoms with E-state index in [0.29, 0.717) is 25.4 Å². The van der Waals surface area contributed by atoms with Gasteiger partial charge in [-0.15, -0.1) is 10.2 Å². The molecule has 8 nitrogen and oxygen atoms in total. The summed E-state index contributed by atoms with van der Waals surface area (Å²) >= 11 is 0. The number of rotatable bonds is 5. The molecule has 0 spiro atoms. The van der Waals surface area contributed by atoms with E-state index >= 15 is 0 Å². The molecule has 8 heteroatoms. The summed E-state index contributed by atoms with van der Waals surface area (Å²) in [6.07, 6.45) is 2.71. The summed E-state index contributed by atoms with van der Waals surface area (Å²) in [5, 5.41) is 10.1. The fraction of sp³-hybridized carbons (Fsp3) is 0.360. The number of nitrogens with zero attached hydrogens (tertiary/aromatic N) is 6. The minimum Gasteiger partial charge on any atom is -0.497 e. The Bertz CT molecular complexity index is 1320. The lowest BCUT2D eigenvalue weighted by molar-refractivity contribution is -0.130. The Kier molecular flexibility index (Phi) is 4.86. The number of hydrogen-bond donors (Lipinski definition) is 0. The van der Waals surface area contributed by atoms with Crippen molar-refractivity contribution in [1.82, 2.24) is 24.5 Å². The molecule has 1 aliphatic carbocycles. The van der Waals surface area contributed by atoms with Crippen molar-refractivity contribution in [3.05, 3.63) is 59.9 Å². The Hall–Kier alpha value is -3.68. The molecule has 0 bridgehead atoms. The van der Waals surface area contributed by atoms with Crippen molar-refractivity contribution in [1.29, 1.82) is 0 Å². The second-order valence-electron chi connectivity index (χ2n) is 8.81. The van der Waals surface area contributed by atoms with Gasteiger partial charge in [-0.1, -0.05) is 24.3 Å². The maximum atomic E-state index is 12.9. The number of anilines is 1. The van der Waals surface area contributed by atoms with Gasteiger partial charge in [-0.2, -0.15) is 0 Å². The van der Waals surface area contributed by atoms with Gasteiger partial charge in [0.1, 0.15) is 11.6 Å². The predicted octanol–water partition coefficient (Wildman–Crippen LogP) is 3.05. The van der Waals surface area contributed by atoms with Gasteiger partial charge in [-0.3, -0.25) is 4.79 Å². The van der Waals surface area contributed by atoms with Crippen LogP contribution in [0, 0.1) is 0 Å². The van der Waals surface area contributed by atoms with Crippen LogP contribution in [0.25, 0.3) is 16.6 Å². The molecule has 33 heavy (non-hydrogen) atoms. The van der Waals surface area contributed by atoms with Gasteiger partial charge in [0.05, 0.1) is 19.0 Å². The summed E-state index contributed by atoms with van der Waals surface area (Å²) in [4.78, 5) is 22.1. The van der Waals surface area contributed by atoms with Crippen LogP contribution in [0.5, 0.6) is 5.75 Å². The van der Waals surface area contributed by atoms with Crippen molar-refractivity contribution in [2.45, 2.75) is 25.2 Å². The second-order valence-corrected chi connectivity index (χ2v) is 8.81. The smallest absolute Gasteiger partial charge is 0.227 e. The van der Waals surface area contributed by atoms with Crippen LogP contribution in [0.2, 0.25) is 0 Å². The molecule has 0 atom stereocenters. The van der Waals surface area contributed by atoms with Crippen LogP contribution >= 0.6 is 0 Å². The number of ether oxygens (including phenoxy) is 1. The highest BCUT2D eigenvalue weighted by molar-refractivity contribution is 5.92. The Morgan fingerprint density at radius 3 is 2.48 bits per heavy atom. The third kappa shape index (κ3) is 3.65. The monoisotopic (exact) mass is 442 g/mol. The highest BCUT2D eigenvalue weighted by Crippen LogP contribution is 2.40. The minimum absolute atomic E-state index is 0.152. The number of hydrogen-bond acceptors (Lipinski definition) is 6. The summed E-state index contributed by atoms with van der Waals surface area (Å²) in [7, 11) is 1.64. The highest BCUT2D eigenvalue weighted by atomic mass is 16.5. The van der Waals surface area contributed by atoms with E-state index < -0.39 is 0 Å². The SMILES string of the molecule is COc1ccc(CC(=O)N2CCN(c3nc4ccccc4c4nnc(C5CC5)n34)CC2)cc1. The van der Waals surface area contributed by atoms with Crippen molar-refractivity contribution in [2.24, 2.45) is 0 Å². The van der Waals surface area contributed by atoms with Crippen LogP contribution in [-0.2, 0) is 11.2 Å². The average Bonchev–Trinajstić information content (AvgIpc) is 3.62. The number of piperazine rings is 1. The second kappa shape index (κ2) is 8.03. The molecule has 2 aromatic carbocycles. The number of benzene rings is 2. The van der Waals surface area contributed by atoms with Gasteiger partial charge < -0.3 is 14.5 Å². The number of aromatic nitrogens is 4. The standard InChI is InChI=1S/C25H26N6O2/c1-33-19-10-6-17(7-11-19)16-22(32)29-12-14-30(15-13-29)25-26-21-5-3-2-4-20(21)24-28-27-23(31(24)25)18-8-9-18/h2-7,10-11,18H,8-9,12-16H2,1H3. The molecule has 4 aromatic rings. The number of methoxy groups -OCH3 is 1. The maximum Gasteiger partial charge on any atom is 0.227 e. The molecule has 1 aliphatic heterocycles. The normalized spacial score (nSPS) is 16.5. The predicted molar refractivity (Wildman–Crippen MR) is 126 cm³/mol. The van der Waals surface area contributed by atoms with Crippen molar-refractivity contribution in [3.63, 3.8) is 0 Å². The van der Waals surface area contributed by atoms with Gasteiger partial charge in [0, 0.05) is 37.5 Å². The molecule has 1 saturated carbocycles. The fourth-order valence-electron chi connectivity index (χ4n) is 4.59. The number of amides is 1. The van der Waals surface area contributed by atoms with Gasteiger partial charge in [-0.25, -0.2) is 9.38 Å². The number of carbonyl (C=O) groups is 1. The van der Waals surface area contributed by atoms with E-state index in [-0.39, 0.29) is 5.91 Å². The van der Waals surface area contributed by atoms with E-state index in [4.69, 9.17) is 9.72 Å². The number of para-hydroxylation sites is 1. The molecule has 2 aliphatic rings. The molecule has 1 saturated heterocycles. The molecule has 168 valence electrons. The number of carbonyl (C=O) groups excluding carboxylic acids is 1. The molecule has 3 heterocycles. The van der Waals surface area contributed by atoms with Gasteiger partial charge >= 0.3 is 0 Å². The summed E-state index contributed by atoms with van der Waals surface area (Å²) in [6.45, 7) is 2.81. The van der Waals surface area contributed by atoms with Gasteiger partial charge in [-0.05, 0) is 42.7 Å². The summed E-state index contributed by atoms with van der Waals surface area (Å²) in [6, 6.07) is 15.8. The fourth-order valence-corrected chi connectivity index (χ4v) is 4.59. The van der Waals surface area contributed by atoms with Crippen LogP contribution in [0.1, 0.15) is 30.1 Å². The molecular formula is C25H26N6O2. The molecule has 2 fully saturated rings. The summed E-state index contributed by atoms with van der Waals surface area (Å²) in [5.41, 5.74) is 2.79. The van der Waals surface area contributed by atoms with Crippen LogP contribution in [0.4, 0.5) is 5.95 Å². The van der Waals surface area contributed by atoms with E-state index in [0.717, 1.165) is 65.6 Å². The van der Waals surface area contributed by atoms with Crippen molar-refractivity contribution in [2.75, 3.05) is 38.2 Å². The zero-order chi connectivity index (χ0) is 22.4. The van der Waals surface area contributed by atoms with E-state index in [2.05, 4.69) is 25.6 Å². The molecule has 0 unspecified atom stereocenters. The lowest BCUT2D eigenvalue weighted by atomic mass is 10.1. The van der Waals surface area contributed by atoms with E-state index in [1.54, 1.807) is 7.11 Å². The molecule has 6 rings (SSSR count). The van der Waals surface area contributed by atoms with Crippen LogP contribution in [-0.4, -0.2) is 63.7 Å². The molecule has 0 N–H and O–H groups in total. The van der Waals surface area contributed by atoms with Gasteiger partial charge in [0.15, 0.2) is 5.65 Å². The largest absolute Gasteiger partial charge is 0.497 e. The Morgan fingerprint density at radius 2 is 1.76 bits per heavy atom. The highest BCUT2D eigenvalue weighted by Gasteiger charge is 2.32. The zero-order valence-electron chi connectivity index (χ0n) is 18.6. The van der Waals surface area contributed by atoms with Crippen LogP contribution in [0.15, 0.2) is 48.5 Å². The van der Waals surface area contributed by atoms with Gasteiger partial charge in [0.25, 0.3) is 0 Å². The Morgan fingerprint density at radius 1 is 1.00 bits per heavy atom. The minimum atomic E-state index is 0.152. The number of fused-ring (bicyclic) bond motifs is 3. The van der Waals surface area contributed by atoms with Crippen LogP contribution < -0.4 is 9.64 Å². The first-order valence-electron chi connectivity index (χ1n) is 11.5. The molecule has 2 aromatic heterocycles. The quantitative estimate of drug-likeness (QED) is 0.473. The lowest BCUT2D eigenvalue weighted by Gasteiger charge is -2.35. The lowest BCUT2D eigenvalue weighted by Crippen LogP contribution is -2.50. The first-order chi connectivity index (χ1) is 16.2. The van der Waals surface area contributed by atoms with E-state index in [1.165, 1.54) is 0 Å². The van der Waals surface area contributed by atoms with E-state index in [9.17, 15) is 4.79 Å². The molecule has 0 radical (unpaired) electrons. The van der Waals surface area contributed by atoms with Crippen molar-refractivity contribution < 1.29 is 9.53 Å².